The van der Waals surface area contributed by atoms with Gasteiger partial charge in [-0.1, -0.05) is 29.3 Å². The average molecular weight is 219 g/mol. The molecule has 13 heavy (non-hydrogen) atoms. The van der Waals surface area contributed by atoms with Crippen molar-refractivity contribution < 1.29 is 0 Å². The van der Waals surface area contributed by atoms with Crippen LogP contribution >= 0.6 is 23.2 Å². The molecule has 0 saturated heterocycles. The Morgan fingerprint density at radius 2 is 2.00 bits per heavy atom. The number of benzene rings is 1. The lowest BCUT2D eigenvalue weighted by molar-refractivity contribution is 0.354. The number of hydrogen-bond donors (Lipinski definition) is 1. The molecule has 4 heteroatoms. The number of likely N-dealkylation sites (N-methyl/N-ethyl adjacent to an activating group) is 1. The summed E-state index contributed by atoms with van der Waals surface area (Å²) >= 11 is 11.6. The van der Waals surface area contributed by atoms with Crippen molar-refractivity contribution in [3.05, 3.63) is 33.8 Å². The number of rotatable bonds is 3. The minimum Gasteiger partial charge on any atom is -0.269 e. The predicted molar refractivity (Wildman–Crippen MR) is 57.0 cm³/mol. The summed E-state index contributed by atoms with van der Waals surface area (Å²) in [6.07, 6.45) is 0.879. The van der Waals surface area contributed by atoms with Gasteiger partial charge in [0.2, 0.25) is 0 Å². The van der Waals surface area contributed by atoms with Gasteiger partial charge in [0, 0.05) is 13.6 Å². The molecule has 0 aromatic heterocycles. The fraction of sp³-hybridized carbons (Fsp3) is 0.333. The molecule has 0 aliphatic carbocycles. The van der Waals surface area contributed by atoms with Crippen LogP contribution in [0.1, 0.15) is 5.56 Å². The Morgan fingerprint density at radius 3 is 2.54 bits per heavy atom. The predicted octanol–water partition coefficient (Wildman–Crippen LogP) is 2.34. The molecule has 0 amide bonds. The molecule has 0 spiro atoms. The van der Waals surface area contributed by atoms with Crippen LogP contribution in [0.3, 0.4) is 0 Å². The third-order valence-corrected chi connectivity index (χ3v) is 2.48. The maximum Gasteiger partial charge on any atom is 0.0595 e. The third kappa shape index (κ3) is 3.53. The molecule has 0 saturated carbocycles. The van der Waals surface area contributed by atoms with E-state index in [9.17, 15) is 0 Å². The fourth-order valence-corrected chi connectivity index (χ4v) is 1.32. The Labute approximate surface area is 88.2 Å². The van der Waals surface area contributed by atoms with Gasteiger partial charge < -0.3 is 0 Å². The second kappa shape index (κ2) is 4.82. The van der Waals surface area contributed by atoms with Crippen LogP contribution in [-0.2, 0) is 6.42 Å². The minimum absolute atomic E-state index is 0.589. The molecule has 0 aliphatic rings. The summed E-state index contributed by atoms with van der Waals surface area (Å²) in [5, 5.41) is 2.83. The van der Waals surface area contributed by atoms with E-state index in [0.717, 1.165) is 18.5 Å². The molecule has 0 bridgehead atoms. The van der Waals surface area contributed by atoms with Gasteiger partial charge in [-0.15, -0.1) is 0 Å². The van der Waals surface area contributed by atoms with E-state index >= 15 is 0 Å². The first-order chi connectivity index (χ1) is 6.09. The molecular weight excluding hydrogens is 207 g/mol. The molecule has 2 nitrogen and oxygen atoms in total. The first-order valence-corrected chi connectivity index (χ1v) is 4.75. The molecule has 0 fully saturated rings. The highest BCUT2D eigenvalue weighted by molar-refractivity contribution is 6.42. The molecular formula is C9H12Cl2N2. The van der Waals surface area contributed by atoms with E-state index in [2.05, 4.69) is 0 Å². The van der Waals surface area contributed by atoms with Gasteiger partial charge in [0.25, 0.3) is 0 Å². The van der Waals surface area contributed by atoms with Gasteiger partial charge in [0.1, 0.15) is 0 Å². The maximum atomic E-state index is 5.85. The van der Waals surface area contributed by atoms with E-state index in [0.29, 0.717) is 10.0 Å². The van der Waals surface area contributed by atoms with E-state index in [1.165, 1.54) is 0 Å². The summed E-state index contributed by atoms with van der Waals surface area (Å²) in [5.41, 5.74) is 1.15. The summed E-state index contributed by atoms with van der Waals surface area (Å²) in [4.78, 5) is 0. The zero-order chi connectivity index (χ0) is 9.84. The summed E-state index contributed by atoms with van der Waals surface area (Å²) in [6.45, 7) is 0.804. The lowest BCUT2D eigenvalue weighted by atomic mass is 10.1. The zero-order valence-electron chi connectivity index (χ0n) is 7.43. The molecule has 0 aliphatic heterocycles. The Balaban J connectivity index is 2.63. The summed E-state index contributed by atoms with van der Waals surface area (Å²) in [6, 6.07) is 5.63. The third-order valence-electron chi connectivity index (χ3n) is 1.74. The van der Waals surface area contributed by atoms with Crippen LogP contribution in [-0.4, -0.2) is 18.6 Å². The fourth-order valence-electron chi connectivity index (χ4n) is 1.00. The van der Waals surface area contributed by atoms with Gasteiger partial charge in [-0.3, -0.25) is 5.84 Å². The van der Waals surface area contributed by atoms with Crippen LogP contribution in [0.25, 0.3) is 0 Å². The Hall–Kier alpha value is -0.280. The standard InChI is InChI=1S/C9H12Cl2N2/c1-13(12)5-4-7-2-3-8(10)9(11)6-7/h2-3,6H,4-5,12H2,1H3. The maximum absolute atomic E-state index is 5.85. The summed E-state index contributed by atoms with van der Waals surface area (Å²) in [5.74, 6) is 5.48. The topological polar surface area (TPSA) is 29.3 Å². The van der Waals surface area contributed by atoms with Gasteiger partial charge in [-0.2, -0.15) is 0 Å². The largest absolute Gasteiger partial charge is 0.269 e. The lowest BCUT2D eigenvalue weighted by Crippen LogP contribution is -2.28. The van der Waals surface area contributed by atoms with Gasteiger partial charge in [-0.05, 0) is 24.1 Å². The molecule has 1 rings (SSSR count). The van der Waals surface area contributed by atoms with E-state index in [-0.39, 0.29) is 0 Å². The van der Waals surface area contributed by atoms with Crippen molar-refractivity contribution in [2.45, 2.75) is 6.42 Å². The molecule has 1 aromatic carbocycles. The SMILES string of the molecule is CN(N)CCc1ccc(Cl)c(Cl)c1. The summed E-state index contributed by atoms with van der Waals surface area (Å²) < 4.78 is 0. The van der Waals surface area contributed by atoms with Crippen molar-refractivity contribution in [1.29, 1.82) is 0 Å². The number of nitrogens with zero attached hydrogens (tertiary/aromatic N) is 1. The van der Waals surface area contributed by atoms with E-state index < -0.39 is 0 Å². The number of hydrogen-bond acceptors (Lipinski definition) is 2. The molecule has 72 valence electrons. The molecule has 2 N–H and O–H groups in total. The van der Waals surface area contributed by atoms with Crippen LogP contribution in [0.4, 0.5) is 0 Å². The molecule has 0 radical (unpaired) electrons. The molecule has 0 atom stereocenters. The number of hydrazine groups is 1. The first kappa shape index (κ1) is 10.8. The number of halogens is 2. The molecule has 0 unspecified atom stereocenters. The van der Waals surface area contributed by atoms with Gasteiger partial charge in [0.05, 0.1) is 10.0 Å². The zero-order valence-corrected chi connectivity index (χ0v) is 8.94. The van der Waals surface area contributed by atoms with Gasteiger partial charge >= 0.3 is 0 Å². The number of nitrogens with two attached hydrogens (primary N) is 1. The van der Waals surface area contributed by atoms with E-state index in [4.69, 9.17) is 29.0 Å². The van der Waals surface area contributed by atoms with E-state index in [1.54, 1.807) is 11.1 Å². The molecule has 0 heterocycles. The van der Waals surface area contributed by atoms with Gasteiger partial charge in [-0.25, -0.2) is 5.01 Å². The Bertz CT molecular complexity index is 287. The molecule has 1 aromatic rings. The minimum atomic E-state index is 0.589. The van der Waals surface area contributed by atoms with Crippen LogP contribution in [0, 0.1) is 0 Å². The van der Waals surface area contributed by atoms with Crippen molar-refractivity contribution in [2.24, 2.45) is 5.84 Å². The lowest BCUT2D eigenvalue weighted by Gasteiger charge is -2.09. The second-order valence-corrected chi connectivity index (χ2v) is 3.79. The van der Waals surface area contributed by atoms with Crippen molar-refractivity contribution in [3.8, 4) is 0 Å². The van der Waals surface area contributed by atoms with Crippen molar-refractivity contribution in [1.82, 2.24) is 5.01 Å². The Kier molecular flexibility index (Phi) is 4.00. The average Bonchev–Trinajstić information content (AvgIpc) is 2.07. The Morgan fingerprint density at radius 1 is 1.31 bits per heavy atom. The monoisotopic (exact) mass is 218 g/mol. The highest BCUT2D eigenvalue weighted by Crippen LogP contribution is 2.22. The van der Waals surface area contributed by atoms with Crippen LogP contribution in [0.5, 0.6) is 0 Å². The highest BCUT2D eigenvalue weighted by Gasteiger charge is 1.99. The van der Waals surface area contributed by atoms with Crippen molar-refractivity contribution in [3.63, 3.8) is 0 Å². The second-order valence-electron chi connectivity index (χ2n) is 2.98. The normalized spacial score (nSPS) is 10.8. The van der Waals surface area contributed by atoms with Crippen LogP contribution in [0.2, 0.25) is 10.0 Å². The van der Waals surface area contributed by atoms with Crippen molar-refractivity contribution >= 4 is 23.2 Å². The quantitative estimate of drug-likeness (QED) is 0.624. The van der Waals surface area contributed by atoms with Crippen LogP contribution < -0.4 is 5.84 Å². The highest BCUT2D eigenvalue weighted by atomic mass is 35.5. The van der Waals surface area contributed by atoms with Gasteiger partial charge in [0.15, 0.2) is 0 Å². The smallest absolute Gasteiger partial charge is 0.0595 e. The van der Waals surface area contributed by atoms with E-state index in [1.807, 2.05) is 19.2 Å². The van der Waals surface area contributed by atoms with Crippen LogP contribution in [0.15, 0.2) is 18.2 Å². The first-order valence-electron chi connectivity index (χ1n) is 3.99. The summed E-state index contributed by atoms with van der Waals surface area (Å²) in [7, 11) is 1.83. The van der Waals surface area contributed by atoms with Crippen molar-refractivity contribution in [2.75, 3.05) is 13.6 Å².